The lowest BCUT2D eigenvalue weighted by molar-refractivity contribution is 1.06. The molecule has 0 spiro atoms. The van der Waals surface area contributed by atoms with E-state index in [1.54, 1.807) is 0 Å². The molecule has 0 aliphatic rings. The van der Waals surface area contributed by atoms with Gasteiger partial charge in [0.2, 0.25) is 0 Å². The van der Waals surface area contributed by atoms with Crippen molar-refractivity contribution in [2.75, 3.05) is 0 Å². The fourth-order valence-corrected chi connectivity index (χ4v) is 4.10. The summed E-state index contributed by atoms with van der Waals surface area (Å²) in [4.78, 5) is 0. The molecule has 0 saturated heterocycles. The molecular weight excluding hydrogens is 431 g/mol. The molecule has 0 nitrogen and oxygen atoms in total. The molecule has 0 heterocycles. The molecule has 2 heteroatoms. The van der Waals surface area contributed by atoms with Gasteiger partial charge in [0, 0.05) is 10.0 Å². The highest BCUT2D eigenvalue weighted by Crippen LogP contribution is 2.31. The SMILES string of the molecule is Clc1ccccc1C(C#CC#CC(c1ccccc1)c1ccccc1Cl)c1ccccc1. The number of halogens is 2. The summed E-state index contributed by atoms with van der Waals surface area (Å²) < 4.78 is 0. The molecule has 0 amide bonds. The number of hydrogen-bond donors (Lipinski definition) is 0. The van der Waals surface area contributed by atoms with Crippen LogP contribution in [-0.4, -0.2) is 0 Å². The second-order valence-corrected chi connectivity index (χ2v) is 8.08. The van der Waals surface area contributed by atoms with Crippen LogP contribution in [0.3, 0.4) is 0 Å². The molecule has 4 aromatic carbocycles. The fourth-order valence-electron chi connectivity index (χ4n) is 3.61. The third kappa shape index (κ3) is 5.25. The van der Waals surface area contributed by atoms with E-state index in [4.69, 9.17) is 23.2 Å². The van der Waals surface area contributed by atoms with Crippen LogP contribution in [-0.2, 0) is 0 Å². The van der Waals surface area contributed by atoms with Gasteiger partial charge in [0.25, 0.3) is 0 Å². The summed E-state index contributed by atoms with van der Waals surface area (Å²) in [6.45, 7) is 0. The lowest BCUT2D eigenvalue weighted by Crippen LogP contribution is -2.00. The monoisotopic (exact) mass is 450 g/mol. The van der Waals surface area contributed by atoms with Crippen LogP contribution in [0.4, 0.5) is 0 Å². The first-order valence-electron chi connectivity index (χ1n) is 10.3. The van der Waals surface area contributed by atoms with Gasteiger partial charge in [-0.1, -0.05) is 132 Å². The van der Waals surface area contributed by atoms with Crippen molar-refractivity contribution in [3.05, 3.63) is 141 Å². The van der Waals surface area contributed by atoms with E-state index in [0.29, 0.717) is 10.0 Å². The van der Waals surface area contributed by atoms with Crippen molar-refractivity contribution >= 4 is 23.2 Å². The molecule has 4 aromatic rings. The smallest absolute Gasteiger partial charge is 0.0726 e. The molecule has 0 saturated carbocycles. The van der Waals surface area contributed by atoms with Gasteiger partial charge in [-0.05, 0) is 46.2 Å². The maximum Gasteiger partial charge on any atom is 0.0726 e. The van der Waals surface area contributed by atoms with Gasteiger partial charge in [0.1, 0.15) is 0 Å². The number of benzene rings is 4. The summed E-state index contributed by atoms with van der Waals surface area (Å²) in [5.41, 5.74) is 4.11. The maximum atomic E-state index is 6.49. The van der Waals surface area contributed by atoms with Gasteiger partial charge in [-0.2, -0.15) is 0 Å². The second kappa shape index (κ2) is 10.7. The highest BCUT2D eigenvalue weighted by Gasteiger charge is 2.15. The van der Waals surface area contributed by atoms with Crippen molar-refractivity contribution in [2.45, 2.75) is 11.8 Å². The van der Waals surface area contributed by atoms with Crippen LogP contribution in [0, 0.1) is 23.7 Å². The summed E-state index contributed by atoms with van der Waals surface area (Å²) in [6, 6.07) is 35.9. The van der Waals surface area contributed by atoms with Gasteiger partial charge >= 0.3 is 0 Å². The summed E-state index contributed by atoms with van der Waals surface area (Å²) in [5.74, 6) is 12.5. The molecule has 0 N–H and O–H groups in total. The van der Waals surface area contributed by atoms with Crippen molar-refractivity contribution in [3.8, 4) is 23.7 Å². The highest BCUT2D eigenvalue weighted by atomic mass is 35.5. The van der Waals surface area contributed by atoms with E-state index < -0.39 is 0 Å². The predicted molar refractivity (Wildman–Crippen MR) is 135 cm³/mol. The highest BCUT2D eigenvalue weighted by molar-refractivity contribution is 6.31. The summed E-state index contributed by atoms with van der Waals surface area (Å²) in [5, 5.41) is 1.39. The minimum atomic E-state index is -0.158. The Hall–Kier alpha value is -3.42. The molecular formula is C30H20Cl2. The molecule has 0 aliphatic heterocycles. The van der Waals surface area contributed by atoms with Crippen molar-refractivity contribution in [3.63, 3.8) is 0 Å². The van der Waals surface area contributed by atoms with Crippen LogP contribution in [0.15, 0.2) is 109 Å². The first-order chi connectivity index (χ1) is 15.7. The third-order valence-electron chi connectivity index (χ3n) is 5.19. The maximum absolute atomic E-state index is 6.49. The van der Waals surface area contributed by atoms with Crippen molar-refractivity contribution in [1.29, 1.82) is 0 Å². The topological polar surface area (TPSA) is 0 Å². The molecule has 0 bridgehead atoms. The van der Waals surface area contributed by atoms with E-state index in [2.05, 4.69) is 47.9 Å². The van der Waals surface area contributed by atoms with Gasteiger partial charge in [0.05, 0.1) is 11.8 Å². The Labute approximate surface area is 199 Å². The molecule has 0 fully saturated rings. The summed E-state index contributed by atoms with van der Waals surface area (Å²) in [6.07, 6.45) is 0. The Bertz CT molecular complexity index is 1200. The largest absolute Gasteiger partial charge is 0.0840 e. The first-order valence-corrected chi connectivity index (χ1v) is 11.1. The van der Waals surface area contributed by atoms with E-state index >= 15 is 0 Å². The standard InChI is InChI=1S/C30H20Cl2/c31-29-21-11-9-19-27(29)25(23-13-3-1-4-14-23)17-7-8-18-26(24-15-5-2-6-16-24)28-20-10-12-22-30(28)32/h1-6,9-16,19-22,25-26H. The molecule has 154 valence electrons. The average Bonchev–Trinajstić information content (AvgIpc) is 2.84. The van der Waals surface area contributed by atoms with Crippen LogP contribution in [0.1, 0.15) is 34.1 Å². The van der Waals surface area contributed by atoms with Gasteiger partial charge in [-0.25, -0.2) is 0 Å². The van der Waals surface area contributed by atoms with Crippen LogP contribution < -0.4 is 0 Å². The molecule has 2 atom stereocenters. The fraction of sp³-hybridized carbons (Fsp3) is 0.0667. The Kier molecular flexibility index (Phi) is 7.32. The van der Waals surface area contributed by atoms with Crippen molar-refractivity contribution in [2.24, 2.45) is 0 Å². The van der Waals surface area contributed by atoms with E-state index in [0.717, 1.165) is 22.3 Å². The lowest BCUT2D eigenvalue weighted by Gasteiger charge is -2.13. The van der Waals surface area contributed by atoms with Crippen LogP contribution in [0.5, 0.6) is 0 Å². The van der Waals surface area contributed by atoms with E-state index in [-0.39, 0.29) is 11.8 Å². The van der Waals surface area contributed by atoms with Gasteiger partial charge in [-0.3, -0.25) is 0 Å². The first kappa shape index (κ1) is 21.8. The third-order valence-corrected chi connectivity index (χ3v) is 5.88. The zero-order valence-corrected chi connectivity index (χ0v) is 18.8. The Morgan fingerprint density at radius 1 is 0.438 bits per heavy atom. The predicted octanol–water partition coefficient (Wildman–Crippen LogP) is 7.96. The van der Waals surface area contributed by atoms with Crippen LogP contribution in [0.2, 0.25) is 10.0 Å². The molecule has 0 aromatic heterocycles. The number of rotatable bonds is 4. The Morgan fingerprint density at radius 2 is 0.781 bits per heavy atom. The summed E-state index contributed by atoms with van der Waals surface area (Å²) in [7, 11) is 0. The number of hydrogen-bond acceptors (Lipinski definition) is 0. The normalized spacial score (nSPS) is 11.9. The minimum absolute atomic E-state index is 0.158. The zero-order valence-electron chi connectivity index (χ0n) is 17.3. The lowest BCUT2D eigenvalue weighted by atomic mass is 9.91. The van der Waals surface area contributed by atoms with Crippen molar-refractivity contribution < 1.29 is 0 Å². The van der Waals surface area contributed by atoms with Crippen LogP contribution >= 0.6 is 23.2 Å². The molecule has 32 heavy (non-hydrogen) atoms. The van der Waals surface area contributed by atoms with E-state index in [1.807, 2.05) is 84.9 Å². The molecule has 0 aliphatic carbocycles. The van der Waals surface area contributed by atoms with Gasteiger partial charge < -0.3 is 0 Å². The van der Waals surface area contributed by atoms with Gasteiger partial charge in [-0.15, -0.1) is 0 Å². The molecule has 0 radical (unpaired) electrons. The second-order valence-electron chi connectivity index (χ2n) is 7.27. The minimum Gasteiger partial charge on any atom is -0.0840 e. The van der Waals surface area contributed by atoms with E-state index in [1.165, 1.54) is 0 Å². The quantitative estimate of drug-likeness (QED) is 0.276. The van der Waals surface area contributed by atoms with Crippen LogP contribution in [0.25, 0.3) is 0 Å². The van der Waals surface area contributed by atoms with E-state index in [9.17, 15) is 0 Å². The zero-order chi connectivity index (χ0) is 22.2. The molecule has 4 rings (SSSR count). The van der Waals surface area contributed by atoms with Crippen molar-refractivity contribution in [1.82, 2.24) is 0 Å². The average molecular weight is 451 g/mol. The summed E-state index contributed by atoms with van der Waals surface area (Å²) >= 11 is 13.0. The van der Waals surface area contributed by atoms with Gasteiger partial charge in [0.15, 0.2) is 0 Å². The Balaban J connectivity index is 1.72. The molecule has 2 unspecified atom stereocenters. The Morgan fingerprint density at radius 3 is 1.16 bits per heavy atom.